The van der Waals surface area contributed by atoms with Crippen molar-refractivity contribution in [2.45, 2.75) is 63.8 Å². The van der Waals surface area contributed by atoms with Gasteiger partial charge in [0.15, 0.2) is 5.83 Å². The van der Waals surface area contributed by atoms with Gasteiger partial charge in [0, 0.05) is 68.2 Å². The summed E-state index contributed by atoms with van der Waals surface area (Å²) in [5.74, 6) is -3.83. The normalized spacial score (nSPS) is 20.4. The number of piperazine rings is 1. The van der Waals surface area contributed by atoms with Gasteiger partial charge < -0.3 is 24.3 Å². The van der Waals surface area contributed by atoms with Crippen LogP contribution in [0.5, 0.6) is 6.01 Å². The molecule has 13 heteroatoms. The molecule has 0 unspecified atom stereocenters. The van der Waals surface area contributed by atoms with Crippen LogP contribution in [-0.2, 0) is 17.8 Å². The first kappa shape index (κ1) is 34.8. The molecule has 6 rings (SSSR count). The van der Waals surface area contributed by atoms with E-state index in [1.807, 2.05) is 61.0 Å². The molecule has 1 amide bonds. The van der Waals surface area contributed by atoms with Crippen LogP contribution in [0.2, 0.25) is 5.02 Å². The lowest BCUT2D eigenvalue weighted by molar-refractivity contribution is -0.131. The Labute approximate surface area is 290 Å². The van der Waals surface area contributed by atoms with Gasteiger partial charge in [0.05, 0.1) is 17.3 Å². The molecule has 3 heterocycles. The number of fused-ring (bicyclic) bond motifs is 2. The molecular formula is C36H41ClF3N7O2. The monoisotopic (exact) mass is 695 g/mol. The van der Waals surface area contributed by atoms with Gasteiger partial charge in [-0.15, -0.1) is 0 Å². The van der Waals surface area contributed by atoms with E-state index in [0.717, 1.165) is 27.7 Å². The molecule has 3 atom stereocenters. The highest BCUT2D eigenvalue weighted by atomic mass is 35.5. The van der Waals surface area contributed by atoms with E-state index in [2.05, 4.69) is 22.4 Å². The Hall–Kier alpha value is -4.08. The third-order valence-electron chi connectivity index (χ3n) is 10.1. The molecule has 1 saturated carbocycles. The predicted octanol–water partition coefficient (Wildman–Crippen LogP) is 6.40. The fourth-order valence-corrected chi connectivity index (χ4v) is 7.66. The molecule has 260 valence electrons. The molecule has 0 radical (unpaired) electrons. The Morgan fingerprint density at radius 1 is 1.16 bits per heavy atom. The summed E-state index contributed by atoms with van der Waals surface area (Å²) in [7, 11) is 1.91. The standard InChI is InChI=1S/C36H41ClF3N7O2/c1-22(19-44(5)24(3)26-16-36(39,40)17-26)49-35-42-30-21-45(31-11-7-9-25-8-6-10-29(37)32(25)31)13-12-28(30)33(43-35)46-14-15-47(34(48)23(2)38)27(20-46)18-41-4/h6-11,22,24,26-27H,2,12-21H2,1,3,5H3/t22-,24+,27-/m0/s1. The third-order valence-corrected chi connectivity index (χ3v) is 10.4. The third kappa shape index (κ3) is 7.29. The van der Waals surface area contributed by atoms with Crippen molar-refractivity contribution in [2.75, 3.05) is 56.1 Å². The van der Waals surface area contributed by atoms with Gasteiger partial charge >= 0.3 is 6.01 Å². The first-order valence-electron chi connectivity index (χ1n) is 16.7. The fraction of sp³-hybridized carbons (Fsp3) is 0.500. The minimum atomic E-state index is -2.58. The van der Waals surface area contributed by atoms with Crippen molar-refractivity contribution in [1.82, 2.24) is 19.8 Å². The van der Waals surface area contributed by atoms with E-state index in [1.54, 1.807) is 0 Å². The van der Waals surface area contributed by atoms with Crippen molar-refractivity contribution in [3.8, 4) is 6.01 Å². The van der Waals surface area contributed by atoms with Gasteiger partial charge in [0.1, 0.15) is 18.0 Å². The van der Waals surface area contributed by atoms with Crippen LogP contribution in [0, 0.1) is 12.5 Å². The molecule has 0 bridgehead atoms. The summed E-state index contributed by atoms with van der Waals surface area (Å²) in [6.45, 7) is 17.1. The SMILES string of the molecule is [C-]#[N+]C[C@H]1CN(c2nc(O[C@@H](C)CN(C)[C@H](C)C3CC(F)(F)C3)nc3c2CCN(c2cccc4cccc(Cl)c24)C3)CCN1C(=O)C(=C)F. The number of hydrogen-bond donors (Lipinski definition) is 0. The molecule has 0 spiro atoms. The van der Waals surface area contributed by atoms with Gasteiger partial charge in [0.25, 0.3) is 5.91 Å². The number of alkyl halides is 2. The van der Waals surface area contributed by atoms with Crippen molar-refractivity contribution in [1.29, 1.82) is 0 Å². The zero-order chi connectivity index (χ0) is 35.0. The van der Waals surface area contributed by atoms with Gasteiger partial charge in [-0.2, -0.15) is 9.97 Å². The second-order valence-electron chi connectivity index (χ2n) is 13.5. The van der Waals surface area contributed by atoms with Crippen molar-refractivity contribution in [3.05, 3.63) is 76.5 Å². The highest BCUT2D eigenvalue weighted by Crippen LogP contribution is 2.45. The van der Waals surface area contributed by atoms with Crippen LogP contribution in [0.3, 0.4) is 0 Å². The van der Waals surface area contributed by atoms with E-state index in [0.29, 0.717) is 43.4 Å². The van der Waals surface area contributed by atoms with Crippen LogP contribution in [0.1, 0.15) is 37.9 Å². The van der Waals surface area contributed by atoms with Gasteiger partial charge in [-0.3, -0.25) is 9.69 Å². The summed E-state index contributed by atoms with van der Waals surface area (Å²) in [5, 5.41) is 2.67. The van der Waals surface area contributed by atoms with Crippen LogP contribution in [0.4, 0.5) is 24.7 Å². The van der Waals surface area contributed by atoms with Gasteiger partial charge in [0.2, 0.25) is 12.5 Å². The van der Waals surface area contributed by atoms with Crippen molar-refractivity contribution < 1.29 is 22.7 Å². The Balaban J connectivity index is 1.29. The molecule has 2 fully saturated rings. The summed E-state index contributed by atoms with van der Waals surface area (Å²) in [5.41, 5.74) is 2.74. The van der Waals surface area contributed by atoms with E-state index in [1.165, 1.54) is 4.90 Å². The number of benzene rings is 2. The molecule has 0 N–H and O–H groups in total. The lowest BCUT2D eigenvalue weighted by atomic mass is 9.76. The van der Waals surface area contributed by atoms with Gasteiger partial charge in [-0.25, -0.2) is 19.7 Å². The van der Waals surface area contributed by atoms with Crippen molar-refractivity contribution >= 4 is 39.8 Å². The first-order valence-corrected chi connectivity index (χ1v) is 17.0. The Kier molecular flexibility index (Phi) is 9.96. The maximum atomic E-state index is 13.9. The molecule has 2 aliphatic heterocycles. The summed E-state index contributed by atoms with van der Waals surface area (Å²) in [4.78, 5) is 33.6. The summed E-state index contributed by atoms with van der Waals surface area (Å²) < 4.78 is 47.4. The molecule has 1 saturated heterocycles. The molecule has 3 aromatic rings. The number of rotatable bonds is 10. The predicted molar refractivity (Wildman–Crippen MR) is 185 cm³/mol. The molecule has 1 aromatic heterocycles. The molecule has 3 aliphatic rings. The van der Waals surface area contributed by atoms with E-state index in [9.17, 15) is 18.0 Å². The van der Waals surface area contributed by atoms with Crippen LogP contribution >= 0.6 is 11.6 Å². The quantitative estimate of drug-likeness (QED) is 0.180. The number of anilines is 2. The molecule has 9 nitrogen and oxygen atoms in total. The van der Waals surface area contributed by atoms with Crippen LogP contribution in [0.25, 0.3) is 15.6 Å². The van der Waals surface area contributed by atoms with E-state index in [4.69, 9.17) is 32.9 Å². The highest BCUT2D eigenvalue weighted by Gasteiger charge is 2.48. The first-order chi connectivity index (χ1) is 23.3. The van der Waals surface area contributed by atoms with Crippen LogP contribution < -0.4 is 14.5 Å². The smallest absolute Gasteiger partial charge is 0.318 e. The lowest BCUT2D eigenvalue weighted by Crippen LogP contribution is -2.57. The minimum absolute atomic E-state index is 0.0102. The number of halogens is 4. The average molecular weight is 696 g/mol. The number of aromatic nitrogens is 2. The largest absolute Gasteiger partial charge is 0.459 e. The summed E-state index contributed by atoms with van der Waals surface area (Å²) in [6, 6.07) is 11.6. The van der Waals surface area contributed by atoms with E-state index in [-0.39, 0.29) is 56.6 Å². The number of hydrogen-bond acceptors (Lipinski definition) is 7. The Morgan fingerprint density at radius 3 is 2.59 bits per heavy atom. The van der Waals surface area contributed by atoms with E-state index >= 15 is 0 Å². The number of amides is 1. The zero-order valence-corrected chi connectivity index (χ0v) is 28.8. The Morgan fingerprint density at radius 2 is 1.90 bits per heavy atom. The second-order valence-corrected chi connectivity index (χ2v) is 13.9. The fourth-order valence-electron chi connectivity index (χ4n) is 7.38. The number of likely N-dealkylation sites (N-methyl/N-ethyl adjacent to an activating group) is 1. The molecule has 49 heavy (non-hydrogen) atoms. The van der Waals surface area contributed by atoms with Crippen LogP contribution in [0.15, 0.2) is 48.8 Å². The number of carbonyl (C=O) groups is 1. The number of ether oxygens (including phenoxy) is 1. The van der Waals surface area contributed by atoms with Gasteiger partial charge in [-0.05, 0) is 50.8 Å². The number of nitrogens with zero attached hydrogens (tertiary/aromatic N) is 7. The maximum Gasteiger partial charge on any atom is 0.318 e. The summed E-state index contributed by atoms with van der Waals surface area (Å²) >= 11 is 6.70. The maximum absolute atomic E-state index is 13.9. The Bertz CT molecular complexity index is 1770. The second kappa shape index (κ2) is 14.0. The number of carbonyl (C=O) groups excluding carboxylic acids is 1. The van der Waals surface area contributed by atoms with Crippen LogP contribution in [-0.4, -0.2) is 96.1 Å². The van der Waals surface area contributed by atoms with Crippen molar-refractivity contribution in [2.24, 2.45) is 5.92 Å². The van der Waals surface area contributed by atoms with Gasteiger partial charge in [-0.1, -0.05) is 42.4 Å². The highest BCUT2D eigenvalue weighted by molar-refractivity contribution is 6.36. The average Bonchev–Trinajstić information content (AvgIpc) is 3.05. The summed E-state index contributed by atoms with van der Waals surface area (Å²) in [6.07, 6.45) is 0.0731. The van der Waals surface area contributed by atoms with Crippen molar-refractivity contribution in [3.63, 3.8) is 0 Å². The van der Waals surface area contributed by atoms with E-state index < -0.39 is 23.7 Å². The zero-order valence-electron chi connectivity index (χ0n) is 28.0. The molecule has 2 aromatic carbocycles. The lowest BCUT2D eigenvalue weighted by Gasteiger charge is -2.42. The molecule has 1 aliphatic carbocycles. The topological polar surface area (TPSA) is 69.4 Å². The minimum Gasteiger partial charge on any atom is -0.459 e. The molecular weight excluding hydrogens is 655 g/mol.